The summed E-state index contributed by atoms with van der Waals surface area (Å²) in [6.07, 6.45) is 0. The standard InChI is InChI=1S/C11H16N4O2/c1-8(12)10(16)14-15-11(17)13-7-9-5-3-2-4-6-9/h2-6,8H,7,12H2,1H3,(H,14,16)(H2,13,15,17). The van der Waals surface area contributed by atoms with Crippen molar-refractivity contribution in [2.24, 2.45) is 5.73 Å². The van der Waals surface area contributed by atoms with E-state index in [1.807, 2.05) is 30.3 Å². The molecule has 0 saturated carbocycles. The smallest absolute Gasteiger partial charge is 0.333 e. The second kappa shape index (κ2) is 6.49. The molecular formula is C11H16N4O2. The molecule has 0 saturated heterocycles. The molecule has 0 aliphatic heterocycles. The van der Waals surface area contributed by atoms with E-state index in [2.05, 4.69) is 16.2 Å². The Hall–Kier alpha value is -2.08. The van der Waals surface area contributed by atoms with Gasteiger partial charge in [0.2, 0.25) is 0 Å². The first-order valence-electron chi connectivity index (χ1n) is 5.23. The molecule has 0 spiro atoms. The van der Waals surface area contributed by atoms with Crippen LogP contribution in [0.15, 0.2) is 30.3 Å². The van der Waals surface area contributed by atoms with Gasteiger partial charge in [0.05, 0.1) is 6.04 Å². The van der Waals surface area contributed by atoms with Crippen molar-refractivity contribution in [3.05, 3.63) is 35.9 Å². The highest BCUT2D eigenvalue weighted by molar-refractivity contribution is 5.84. The van der Waals surface area contributed by atoms with Gasteiger partial charge in [0.25, 0.3) is 5.91 Å². The van der Waals surface area contributed by atoms with E-state index in [9.17, 15) is 9.59 Å². The lowest BCUT2D eigenvalue weighted by Gasteiger charge is -2.10. The molecule has 92 valence electrons. The van der Waals surface area contributed by atoms with Gasteiger partial charge in [-0.1, -0.05) is 30.3 Å². The van der Waals surface area contributed by atoms with Crippen LogP contribution < -0.4 is 21.9 Å². The molecule has 6 heteroatoms. The summed E-state index contributed by atoms with van der Waals surface area (Å²) in [5.74, 6) is -0.445. The summed E-state index contributed by atoms with van der Waals surface area (Å²) >= 11 is 0. The van der Waals surface area contributed by atoms with Crippen molar-refractivity contribution >= 4 is 11.9 Å². The van der Waals surface area contributed by atoms with Crippen LogP contribution in [0.5, 0.6) is 0 Å². The average molecular weight is 236 g/mol. The van der Waals surface area contributed by atoms with E-state index in [1.165, 1.54) is 6.92 Å². The number of amides is 3. The van der Waals surface area contributed by atoms with E-state index in [-0.39, 0.29) is 0 Å². The van der Waals surface area contributed by atoms with Crippen molar-refractivity contribution in [1.82, 2.24) is 16.2 Å². The minimum atomic E-state index is -0.663. The van der Waals surface area contributed by atoms with Crippen molar-refractivity contribution in [2.45, 2.75) is 19.5 Å². The molecule has 0 bridgehead atoms. The zero-order valence-corrected chi connectivity index (χ0v) is 9.57. The largest absolute Gasteiger partial charge is 0.333 e. The fraction of sp³-hybridized carbons (Fsp3) is 0.273. The fourth-order valence-electron chi connectivity index (χ4n) is 1.05. The summed E-state index contributed by atoms with van der Waals surface area (Å²) in [6, 6.07) is 8.29. The molecule has 0 aromatic heterocycles. The Morgan fingerprint density at radius 2 is 1.88 bits per heavy atom. The summed E-state index contributed by atoms with van der Waals surface area (Å²) in [4.78, 5) is 22.3. The van der Waals surface area contributed by atoms with E-state index in [0.29, 0.717) is 6.54 Å². The maximum absolute atomic E-state index is 11.3. The number of carbonyl (C=O) groups excluding carboxylic acids is 2. The molecular weight excluding hydrogens is 220 g/mol. The van der Waals surface area contributed by atoms with Gasteiger partial charge >= 0.3 is 6.03 Å². The van der Waals surface area contributed by atoms with Gasteiger partial charge in [0.15, 0.2) is 0 Å². The molecule has 3 amide bonds. The zero-order chi connectivity index (χ0) is 12.7. The Balaban J connectivity index is 2.24. The van der Waals surface area contributed by atoms with Crippen molar-refractivity contribution in [3.63, 3.8) is 0 Å². The number of urea groups is 1. The molecule has 0 aliphatic rings. The highest BCUT2D eigenvalue weighted by Gasteiger charge is 2.07. The maximum Gasteiger partial charge on any atom is 0.333 e. The Kier molecular flexibility index (Phi) is 4.96. The summed E-state index contributed by atoms with van der Waals surface area (Å²) in [5.41, 5.74) is 10.7. The molecule has 17 heavy (non-hydrogen) atoms. The minimum Gasteiger partial charge on any atom is -0.333 e. The van der Waals surface area contributed by atoms with Crippen LogP contribution in [-0.2, 0) is 11.3 Å². The molecule has 0 radical (unpaired) electrons. The fourth-order valence-corrected chi connectivity index (χ4v) is 1.05. The maximum atomic E-state index is 11.3. The van der Waals surface area contributed by atoms with Crippen LogP contribution >= 0.6 is 0 Å². The molecule has 1 atom stereocenters. The number of hydrazine groups is 1. The molecule has 1 rings (SSSR count). The molecule has 6 nitrogen and oxygen atoms in total. The average Bonchev–Trinajstić information content (AvgIpc) is 2.34. The van der Waals surface area contributed by atoms with Crippen LogP contribution in [0.1, 0.15) is 12.5 Å². The van der Waals surface area contributed by atoms with Gasteiger partial charge in [-0.2, -0.15) is 0 Å². The van der Waals surface area contributed by atoms with Crippen LogP contribution in [0, 0.1) is 0 Å². The third kappa shape index (κ3) is 4.98. The lowest BCUT2D eigenvalue weighted by Crippen LogP contribution is -2.51. The molecule has 5 N–H and O–H groups in total. The van der Waals surface area contributed by atoms with E-state index >= 15 is 0 Å². The van der Waals surface area contributed by atoms with Gasteiger partial charge < -0.3 is 11.1 Å². The summed E-state index contributed by atoms with van der Waals surface area (Å²) in [7, 11) is 0. The van der Waals surface area contributed by atoms with Crippen LogP contribution in [0.3, 0.4) is 0 Å². The summed E-state index contributed by atoms with van der Waals surface area (Å²) in [5, 5.41) is 2.59. The van der Waals surface area contributed by atoms with Gasteiger partial charge in [-0.25, -0.2) is 10.2 Å². The quantitative estimate of drug-likeness (QED) is 0.550. The second-order valence-corrected chi connectivity index (χ2v) is 3.57. The number of rotatable bonds is 3. The highest BCUT2D eigenvalue weighted by Crippen LogP contribution is 1.96. The first-order chi connectivity index (χ1) is 8.09. The van der Waals surface area contributed by atoms with Crippen LogP contribution in [0.4, 0.5) is 4.79 Å². The minimum absolute atomic E-state index is 0.390. The van der Waals surface area contributed by atoms with Crippen molar-refractivity contribution in [2.75, 3.05) is 0 Å². The number of nitrogens with one attached hydrogen (secondary N) is 3. The lowest BCUT2D eigenvalue weighted by molar-refractivity contribution is -0.122. The third-order valence-electron chi connectivity index (χ3n) is 2.01. The zero-order valence-electron chi connectivity index (χ0n) is 9.57. The van der Waals surface area contributed by atoms with Gasteiger partial charge in [0, 0.05) is 6.54 Å². The number of carbonyl (C=O) groups is 2. The molecule has 1 aromatic rings. The monoisotopic (exact) mass is 236 g/mol. The van der Waals surface area contributed by atoms with Crippen LogP contribution in [0.25, 0.3) is 0 Å². The lowest BCUT2D eigenvalue weighted by atomic mass is 10.2. The van der Waals surface area contributed by atoms with Crippen LogP contribution in [-0.4, -0.2) is 18.0 Å². The Morgan fingerprint density at radius 1 is 1.24 bits per heavy atom. The van der Waals surface area contributed by atoms with Gasteiger partial charge in [-0.15, -0.1) is 0 Å². The Labute approximate surface area is 99.5 Å². The normalized spacial score (nSPS) is 11.4. The predicted molar refractivity (Wildman–Crippen MR) is 63.6 cm³/mol. The number of benzene rings is 1. The van der Waals surface area contributed by atoms with Crippen molar-refractivity contribution < 1.29 is 9.59 Å². The van der Waals surface area contributed by atoms with Crippen LogP contribution in [0.2, 0.25) is 0 Å². The molecule has 1 aromatic carbocycles. The summed E-state index contributed by atoms with van der Waals surface area (Å²) < 4.78 is 0. The Bertz CT molecular complexity index is 378. The van der Waals surface area contributed by atoms with Gasteiger partial charge in [0.1, 0.15) is 0 Å². The molecule has 0 aliphatic carbocycles. The predicted octanol–water partition coefficient (Wildman–Crippen LogP) is -0.136. The third-order valence-corrected chi connectivity index (χ3v) is 2.01. The number of hydrogen-bond acceptors (Lipinski definition) is 3. The van der Waals surface area contributed by atoms with Gasteiger partial charge in [-0.3, -0.25) is 10.2 Å². The highest BCUT2D eigenvalue weighted by atomic mass is 16.2. The van der Waals surface area contributed by atoms with Gasteiger partial charge in [-0.05, 0) is 12.5 Å². The SMILES string of the molecule is CC(N)C(=O)NNC(=O)NCc1ccccc1. The van der Waals surface area contributed by atoms with E-state index in [4.69, 9.17) is 5.73 Å². The summed E-state index contributed by atoms with van der Waals surface area (Å²) in [6.45, 7) is 1.92. The Morgan fingerprint density at radius 3 is 2.47 bits per heavy atom. The molecule has 0 fully saturated rings. The number of hydrogen-bond donors (Lipinski definition) is 4. The van der Waals surface area contributed by atoms with E-state index in [0.717, 1.165) is 5.56 Å². The van der Waals surface area contributed by atoms with E-state index < -0.39 is 18.0 Å². The topological polar surface area (TPSA) is 96.2 Å². The molecule has 1 unspecified atom stereocenters. The first kappa shape index (κ1) is 13.0. The number of nitrogens with two attached hydrogens (primary N) is 1. The first-order valence-corrected chi connectivity index (χ1v) is 5.23. The van der Waals surface area contributed by atoms with E-state index in [1.54, 1.807) is 0 Å². The second-order valence-electron chi connectivity index (χ2n) is 3.57. The van der Waals surface area contributed by atoms with Crippen molar-refractivity contribution in [1.29, 1.82) is 0 Å². The molecule has 0 heterocycles. The van der Waals surface area contributed by atoms with Crippen molar-refractivity contribution in [3.8, 4) is 0 Å².